The number of anilines is 2. The molecule has 4 nitrogen and oxygen atoms in total. The lowest BCUT2D eigenvalue weighted by Gasteiger charge is -2.34. The molecule has 2 aromatic rings. The molecule has 24 heavy (non-hydrogen) atoms. The highest BCUT2D eigenvalue weighted by Gasteiger charge is 2.28. The van der Waals surface area contributed by atoms with Crippen LogP contribution in [-0.4, -0.2) is 35.1 Å². The zero-order valence-corrected chi connectivity index (χ0v) is 14.0. The minimum absolute atomic E-state index is 0.0272. The van der Waals surface area contributed by atoms with Crippen LogP contribution in [0.1, 0.15) is 30.1 Å². The molecule has 0 saturated carbocycles. The lowest BCUT2D eigenvalue weighted by atomic mass is 9.93. The molecule has 0 bridgehead atoms. The van der Waals surface area contributed by atoms with Gasteiger partial charge in [-0.1, -0.05) is 30.3 Å². The zero-order valence-electron chi connectivity index (χ0n) is 14.0. The predicted octanol–water partition coefficient (Wildman–Crippen LogP) is 3.66. The highest BCUT2D eigenvalue weighted by atomic mass is 16.3. The molecule has 0 radical (unpaired) electrons. The zero-order chi connectivity index (χ0) is 16.9. The van der Waals surface area contributed by atoms with Crippen LogP contribution in [0, 0.1) is 5.92 Å². The number of carbonyl (C=O) groups excluding carboxylic acids is 1. The van der Waals surface area contributed by atoms with Crippen LogP contribution in [0.25, 0.3) is 0 Å². The fraction of sp³-hybridized carbons (Fsp3) is 0.350. The number of nitrogens with zero attached hydrogens (tertiary/aromatic N) is 1. The molecule has 1 saturated heterocycles. The minimum Gasteiger partial charge on any atom is -0.393 e. The highest BCUT2D eigenvalue weighted by Crippen LogP contribution is 2.25. The van der Waals surface area contributed by atoms with Crippen molar-refractivity contribution in [3.05, 3.63) is 60.2 Å². The third kappa shape index (κ3) is 3.77. The Kier molecular flexibility index (Phi) is 5.16. The maximum absolute atomic E-state index is 13.0. The first-order chi connectivity index (χ1) is 11.6. The van der Waals surface area contributed by atoms with Crippen LogP contribution < -0.4 is 5.32 Å². The van der Waals surface area contributed by atoms with Gasteiger partial charge in [0.25, 0.3) is 5.91 Å². The molecule has 2 unspecified atom stereocenters. The number of hydrogen-bond donors (Lipinski definition) is 2. The van der Waals surface area contributed by atoms with Crippen LogP contribution >= 0.6 is 0 Å². The summed E-state index contributed by atoms with van der Waals surface area (Å²) in [5.41, 5.74) is 2.44. The van der Waals surface area contributed by atoms with E-state index in [1.54, 1.807) is 0 Å². The van der Waals surface area contributed by atoms with Gasteiger partial charge in [0.1, 0.15) is 0 Å². The number of benzene rings is 2. The second kappa shape index (κ2) is 7.49. The second-order valence-corrected chi connectivity index (χ2v) is 6.43. The van der Waals surface area contributed by atoms with Gasteiger partial charge < -0.3 is 15.3 Å². The maximum atomic E-state index is 13.0. The number of piperidine rings is 1. The molecule has 0 aromatic heterocycles. The number of aliphatic hydroxyl groups excluding tert-OH is 1. The molecule has 2 N–H and O–H groups in total. The number of rotatable bonds is 4. The van der Waals surface area contributed by atoms with E-state index in [1.165, 1.54) is 0 Å². The molecule has 0 aliphatic carbocycles. The summed E-state index contributed by atoms with van der Waals surface area (Å²) in [5, 5.41) is 13.2. The first kappa shape index (κ1) is 16.5. The van der Waals surface area contributed by atoms with E-state index in [1.807, 2.05) is 66.4 Å². The van der Waals surface area contributed by atoms with Crippen molar-refractivity contribution in [2.24, 2.45) is 5.92 Å². The first-order valence-corrected chi connectivity index (χ1v) is 8.53. The summed E-state index contributed by atoms with van der Waals surface area (Å²) < 4.78 is 0. The van der Waals surface area contributed by atoms with Crippen molar-refractivity contribution in [3.8, 4) is 0 Å². The van der Waals surface area contributed by atoms with E-state index in [9.17, 15) is 9.90 Å². The summed E-state index contributed by atoms with van der Waals surface area (Å²) in [6.07, 6.45) is 1.54. The number of aliphatic hydroxyl groups is 1. The highest BCUT2D eigenvalue weighted by molar-refractivity contribution is 6.00. The van der Waals surface area contributed by atoms with Crippen LogP contribution in [-0.2, 0) is 0 Å². The summed E-state index contributed by atoms with van der Waals surface area (Å²) >= 11 is 0. The average molecular weight is 324 g/mol. The Hall–Kier alpha value is -2.33. The van der Waals surface area contributed by atoms with Crippen LogP contribution in [0.2, 0.25) is 0 Å². The second-order valence-electron chi connectivity index (χ2n) is 6.43. The van der Waals surface area contributed by atoms with Crippen LogP contribution in [0.4, 0.5) is 11.4 Å². The molecular formula is C20H24N2O2. The average Bonchev–Trinajstić information content (AvgIpc) is 2.62. The van der Waals surface area contributed by atoms with Crippen LogP contribution in [0.3, 0.4) is 0 Å². The van der Waals surface area contributed by atoms with E-state index in [0.717, 1.165) is 30.8 Å². The SMILES string of the molecule is CC(O)C1CCCN(C(=O)c2ccccc2Nc2ccccc2)C1. The van der Waals surface area contributed by atoms with Gasteiger partial charge in [0.15, 0.2) is 0 Å². The topological polar surface area (TPSA) is 52.6 Å². The Morgan fingerprint density at radius 2 is 1.88 bits per heavy atom. The van der Waals surface area contributed by atoms with E-state index in [2.05, 4.69) is 5.32 Å². The first-order valence-electron chi connectivity index (χ1n) is 8.53. The molecule has 1 fully saturated rings. The van der Waals surface area contributed by atoms with Crippen molar-refractivity contribution in [3.63, 3.8) is 0 Å². The van der Waals surface area contributed by atoms with E-state index in [-0.39, 0.29) is 17.9 Å². The van der Waals surface area contributed by atoms with Gasteiger partial charge in [0.05, 0.1) is 17.4 Å². The standard InChI is InChI=1S/C20H24N2O2/c1-15(23)16-8-7-13-22(14-16)20(24)18-11-5-6-12-19(18)21-17-9-3-2-4-10-17/h2-6,9-12,15-16,21,23H,7-8,13-14H2,1H3. The largest absolute Gasteiger partial charge is 0.393 e. The Balaban J connectivity index is 1.80. The molecule has 1 aliphatic rings. The van der Waals surface area contributed by atoms with Gasteiger partial charge in [-0.25, -0.2) is 0 Å². The van der Waals surface area contributed by atoms with Gasteiger partial charge in [0.2, 0.25) is 0 Å². The van der Waals surface area contributed by atoms with Crippen molar-refractivity contribution in [1.29, 1.82) is 0 Å². The number of hydrogen-bond acceptors (Lipinski definition) is 3. The van der Waals surface area contributed by atoms with Gasteiger partial charge >= 0.3 is 0 Å². The monoisotopic (exact) mass is 324 g/mol. The summed E-state index contributed by atoms with van der Waals surface area (Å²) in [6.45, 7) is 3.18. The van der Waals surface area contributed by atoms with E-state index < -0.39 is 0 Å². The lowest BCUT2D eigenvalue weighted by molar-refractivity contribution is 0.0467. The number of para-hydroxylation sites is 2. The quantitative estimate of drug-likeness (QED) is 0.902. The summed E-state index contributed by atoms with van der Waals surface area (Å²) in [5.74, 6) is 0.191. The van der Waals surface area contributed by atoms with Crippen molar-refractivity contribution in [1.82, 2.24) is 4.90 Å². The summed E-state index contributed by atoms with van der Waals surface area (Å²) in [6, 6.07) is 17.4. The van der Waals surface area contributed by atoms with Gasteiger partial charge in [-0.05, 0) is 44.0 Å². The van der Waals surface area contributed by atoms with Gasteiger partial charge in [-0.2, -0.15) is 0 Å². The molecule has 1 heterocycles. The van der Waals surface area contributed by atoms with Crippen molar-refractivity contribution < 1.29 is 9.90 Å². The van der Waals surface area contributed by atoms with Crippen LogP contribution in [0.15, 0.2) is 54.6 Å². The fourth-order valence-corrected chi connectivity index (χ4v) is 3.21. The smallest absolute Gasteiger partial charge is 0.255 e. The van der Waals surface area contributed by atoms with E-state index >= 15 is 0 Å². The minimum atomic E-state index is -0.377. The number of likely N-dealkylation sites (tertiary alicyclic amines) is 1. The normalized spacial score (nSPS) is 18.9. The van der Waals surface area contributed by atoms with Gasteiger partial charge in [-0.3, -0.25) is 4.79 Å². The Morgan fingerprint density at radius 3 is 2.62 bits per heavy atom. The Bertz CT molecular complexity index is 685. The number of carbonyl (C=O) groups is 1. The van der Waals surface area contributed by atoms with Crippen molar-refractivity contribution in [2.45, 2.75) is 25.9 Å². The molecule has 4 heteroatoms. The number of nitrogens with one attached hydrogen (secondary N) is 1. The molecule has 1 amide bonds. The fourth-order valence-electron chi connectivity index (χ4n) is 3.21. The summed E-state index contributed by atoms with van der Waals surface area (Å²) in [4.78, 5) is 14.9. The molecule has 0 spiro atoms. The third-order valence-electron chi connectivity index (χ3n) is 4.64. The lowest BCUT2D eigenvalue weighted by Crippen LogP contribution is -2.43. The third-order valence-corrected chi connectivity index (χ3v) is 4.64. The molecule has 3 rings (SSSR count). The molecular weight excluding hydrogens is 300 g/mol. The maximum Gasteiger partial charge on any atom is 0.255 e. The molecule has 2 atom stereocenters. The summed E-state index contributed by atoms with van der Waals surface area (Å²) in [7, 11) is 0. The van der Waals surface area contributed by atoms with E-state index in [4.69, 9.17) is 0 Å². The van der Waals surface area contributed by atoms with Crippen molar-refractivity contribution >= 4 is 17.3 Å². The Labute approximate surface area is 143 Å². The molecule has 2 aromatic carbocycles. The molecule has 126 valence electrons. The van der Waals surface area contributed by atoms with Crippen molar-refractivity contribution in [2.75, 3.05) is 18.4 Å². The van der Waals surface area contributed by atoms with Crippen LogP contribution in [0.5, 0.6) is 0 Å². The number of amides is 1. The van der Waals surface area contributed by atoms with E-state index in [0.29, 0.717) is 12.1 Å². The Morgan fingerprint density at radius 1 is 1.17 bits per heavy atom. The predicted molar refractivity (Wildman–Crippen MR) is 96.5 cm³/mol. The van der Waals surface area contributed by atoms with Gasteiger partial charge in [-0.15, -0.1) is 0 Å². The van der Waals surface area contributed by atoms with Gasteiger partial charge in [0, 0.05) is 24.7 Å². The molecule has 1 aliphatic heterocycles.